The van der Waals surface area contributed by atoms with Crippen LogP contribution in [0.15, 0.2) is 35.6 Å². The van der Waals surface area contributed by atoms with Crippen molar-refractivity contribution in [3.8, 4) is 11.3 Å². The molecule has 1 unspecified atom stereocenters. The molecule has 2 aliphatic rings. The topological polar surface area (TPSA) is 67.5 Å². The zero-order valence-corrected chi connectivity index (χ0v) is 16.1. The van der Waals surface area contributed by atoms with E-state index in [4.69, 9.17) is 4.98 Å². The van der Waals surface area contributed by atoms with E-state index in [-0.39, 0.29) is 13.9 Å². The zero-order valence-electron chi connectivity index (χ0n) is 16.1. The molecule has 1 aliphatic heterocycles. The number of anilines is 1. The maximum absolute atomic E-state index is 14.2. The van der Waals surface area contributed by atoms with Gasteiger partial charge in [0.1, 0.15) is 5.67 Å². The molecule has 6 nitrogen and oxygen atoms in total. The fourth-order valence-corrected chi connectivity index (χ4v) is 4.10. The summed E-state index contributed by atoms with van der Waals surface area (Å²) in [7, 11) is 0. The van der Waals surface area contributed by atoms with E-state index in [2.05, 4.69) is 34.2 Å². The highest BCUT2D eigenvalue weighted by molar-refractivity contribution is 5.96. The van der Waals surface area contributed by atoms with Crippen LogP contribution < -0.4 is 5.32 Å². The van der Waals surface area contributed by atoms with Crippen LogP contribution in [0, 0.1) is 0 Å². The van der Waals surface area contributed by atoms with Gasteiger partial charge in [0.2, 0.25) is 5.95 Å². The summed E-state index contributed by atoms with van der Waals surface area (Å²) >= 11 is 0. The molecule has 146 valence electrons. The quantitative estimate of drug-likeness (QED) is 0.681. The number of aromatic nitrogens is 4. The maximum atomic E-state index is 14.2. The van der Waals surface area contributed by atoms with Crippen molar-refractivity contribution in [3.05, 3.63) is 36.3 Å². The number of alkyl halides is 1. The molecule has 0 aromatic carbocycles. The van der Waals surface area contributed by atoms with Gasteiger partial charge < -0.3 is 5.32 Å². The second-order valence-electron chi connectivity index (χ2n) is 7.81. The molecular weight excluding hydrogens is 355 g/mol. The summed E-state index contributed by atoms with van der Waals surface area (Å²) in [5.74, 6) is 0.728. The average molecular weight is 380 g/mol. The molecule has 1 fully saturated rings. The van der Waals surface area contributed by atoms with Gasteiger partial charge in [0.15, 0.2) is 0 Å². The van der Waals surface area contributed by atoms with Gasteiger partial charge >= 0.3 is 0 Å². The third-order valence-electron chi connectivity index (χ3n) is 5.95. The Morgan fingerprint density at radius 2 is 2.18 bits per heavy atom. The van der Waals surface area contributed by atoms with Crippen LogP contribution in [0.5, 0.6) is 0 Å². The van der Waals surface area contributed by atoms with Crippen molar-refractivity contribution < 1.29 is 5.82 Å². The molecule has 3 aromatic rings. The monoisotopic (exact) mass is 380 g/mol. The Morgan fingerprint density at radius 3 is 2.93 bits per heavy atom. The minimum absolute atomic E-state index is 0. The number of hydrogen-bond donors (Lipinski definition) is 1. The molecule has 1 aliphatic carbocycles. The predicted molar refractivity (Wildman–Crippen MR) is 110 cm³/mol. The van der Waals surface area contributed by atoms with Crippen molar-refractivity contribution in [1.29, 1.82) is 0 Å². The first kappa shape index (κ1) is 17.3. The van der Waals surface area contributed by atoms with Crippen LogP contribution in [-0.2, 0) is 0 Å². The summed E-state index contributed by atoms with van der Waals surface area (Å²) in [4.78, 5) is 13.9. The number of fused-ring (bicyclic) bond motifs is 2. The predicted octanol–water partition coefficient (Wildman–Crippen LogP) is 4.94. The Kier molecular flexibility index (Phi) is 3.92. The second-order valence-corrected chi connectivity index (χ2v) is 7.81. The summed E-state index contributed by atoms with van der Waals surface area (Å²) in [6.45, 7) is 4.49. The minimum Gasteiger partial charge on any atom is -0.350 e. The summed E-state index contributed by atoms with van der Waals surface area (Å²) in [6, 6.07) is 6.03. The van der Waals surface area contributed by atoms with E-state index >= 15 is 0 Å². The first-order valence-electron chi connectivity index (χ1n) is 9.90. The number of rotatable bonds is 5. The molecule has 0 amide bonds. The Morgan fingerprint density at radius 1 is 1.32 bits per heavy atom. The van der Waals surface area contributed by atoms with Crippen LogP contribution >= 0.6 is 0 Å². The van der Waals surface area contributed by atoms with Gasteiger partial charge in [-0.05, 0) is 50.8 Å². The lowest BCUT2D eigenvalue weighted by Crippen LogP contribution is -2.39. The van der Waals surface area contributed by atoms with Crippen LogP contribution in [0.3, 0.4) is 0 Å². The van der Waals surface area contributed by atoms with Gasteiger partial charge in [0.25, 0.3) is 0 Å². The third kappa shape index (κ3) is 2.77. The van der Waals surface area contributed by atoms with Crippen molar-refractivity contribution in [3.63, 3.8) is 0 Å². The van der Waals surface area contributed by atoms with E-state index in [1.807, 2.05) is 24.4 Å². The highest BCUT2D eigenvalue weighted by Gasteiger charge is 2.36. The lowest BCUT2D eigenvalue weighted by Gasteiger charge is -2.33. The summed E-state index contributed by atoms with van der Waals surface area (Å²) < 4.78 is 16.0. The van der Waals surface area contributed by atoms with Gasteiger partial charge in [0.05, 0.1) is 35.3 Å². The van der Waals surface area contributed by atoms with Crippen LogP contribution in [0.1, 0.15) is 52.6 Å². The van der Waals surface area contributed by atoms with E-state index in [0.717, 1.165) is 46.7 Å². The first-order valence-corrected chi connectivity index (χ1v) is 9.90. The highest BCUT2D eigenvalue weighted by atomic mass is 19.1. The molecule has 1 saturated carbocycles. The first-order chi connectivity index (χ1) is 13.6. The lowest BCUT2D eigenvalue weighted by atomic mass is 9.82. The normalized spacial score (nSPS) is 20.0. The van der Waals surface area contributed by atoms with Crippen molar-refractivity contribution in [1.82, 2.24) is 19.6 Å². The van der Waals surface area contributed by atoms with Crippen molar-refractivity contribution in [2.24, 2.45) is 4.99 Å². The number of halogens is 1. The molecule has 5 rings (SSSR count). The van der Waals surface area contributed by atoms with Crippen LogP contribution in [0.25, 0.3) is 16.8 Å². The van der Waals surface area contributed by atoms with Crippen molar-refractivity contribution in [2.45, 2.75) is 51.1 Å². The van der Waals surface area contributed by atoms with Gasteiger partial charge in [-0.1, -0.05) is 6.92 Å². The number of nitrogens with zero attached hydrogens (tertiary/aromatic N) is 5. The Bertz CT molecular complexity index is 1090. The highest BCUT2D eigenvalue weighted by Crippen LogP contribution is 2.38. The second kappa shape index (κ2) is 6.36. The smallest absolute Gasteiger partial charge is 0.241 e. The standard InChI is InChI=1S/C21H23FN6.H2/c1-3-14-13(2)25-17-6-5-16(26-19(14)17)15-7-10-28-18(15)11-23-20(27-28)24-12-21(22)8-4-9-21;/h5-7,10-11,14H,3-4,8-9,12H2,1-2H3,(H,24,27);1H. The molecule has 3 aromatic heterocycles. The molecule has 7 heteroatoms. The molecule has 0 saturated heterocycles. The SMILES string of the molecule is CCC1C(C)=Nc2ccc(-c3ccn4nc(NCC5(F)CCC5)ncc34)nc21.[HH]. The fraction of sp³-hybridized carbons (Fsp3) is 0.429. The number of hydrogen-bond acceptors (Lipinski definition) is 5. The summed E-state index contributed by atoms with van der Waals surface area (Å²) in [5.41, 5.74) is 4.78. The molecule has 0 spiro atoms. The van der Waals surface area contributed by atoms with Gasteiger partial charge in [-0.2, -0.15) is 0 Å². The van der Waals surface area contributed by atoms with Gasteiger partial charge in [0, 0.05) is 24.8 Å². The molecular formula is C21H25FN6. The largest absolute Gasteiger partial charge is 0.350 e. The van der Waals surface area contributed by atoms with Gasteiger partial charge in [-0.3, -0.25) is 4.99 Å². The fourth-order valence-electron chi connectivity index (χ4n) is 4.10. The third-order valence-corrected chi connectivity index (χ3v) is 5.95. The number of pyridine rings is 1. The Labute approximate surface area is 164 Å². The van der Waals surface area contributed by atoms with E-state index in [0.29, 0.717) is 18.8 Å². The molecule has 1 N–H and O–H groups in total. The molecule has 0 radical (unpaired) electrons. The number of aliphatic imine (C=N–C) groups is 1. The average Bonchev–Trinajstić information content (AvgIpc) is 3.23. The van der Waals surface area contributed by atoms with Crippen molar-refractivity contribution in [2.75, 3.05) is 11.9 Å². The molecule has 1 atom stereocenters. The minimum atomic E-state index is -1.11. The summed E-state index contributed by atoms with van der Waals surface area (Å²) in [6.07, 6.45) is 6.83. The van der Waals surface area contributed by atoms with E-state index in [1.165, 1.54) is 0 Å². The molecule has 0 bridgehead atoms. The molecule has 28 heavy (non-hydrogen) atoms. The van der Waals surface area contributed by atoms with Crippen LogP contribution in [-0.4, -0.2) is 37.5 Å². The van der Waals surface area contributed by atoms with Gasteiger partial charge in [-0.25, -0.2) is 18.9 Å². The molecule has 4 heterocycles. The van der Waals surface area contributed by atoms with Crippen molar-refractivity contribution >= 4 is 22.9 Å². The van der Waals surface area contributed by atoms with Crippen LogP contribution in [0.4, 0.5) is 16.0 Å². The van der Waals surface area contributed by atoms with Crippen LogP contribution in [0.2, 0.25) is 0 Å². The van der Waals surface area contributed by atoms with E-state index in [1.54, 1.807) is 10.7 Å². The Hall–Kier alpha value is -2.83. The van der Waals surface area contributed by atoms with E-state index in [9.17, 15) is 4.39 Å². The Balaban J connectivity index is 0.00000205. The zero-order chi connectivity index (χ0) is 19.3. The van der Waals surface area contributed by atoms with Gasteiger partial charge in [-0.15, -0.1) is 5.10 Å². The lowest BCUT2D eigenvalue weighted by molar-refractivity contribution is 0.0782. The number of nitrogens with one attached hydrogen (secondary N) is 1. The van der Waals surface area contributed by atoms with E-state index < -0.39 is 5.67 Å². The summed E-state index contributed by atoms with van der Waals surface area (Å²) in [5, 5.41) is 7.51. The maximum Gasteiger partial charge on any atom is 0.241 e.